The van der Waals surface area contributed by atoms with Gasteiger partial charge in [0.25, 0.3) is 5.91 Å². The summed E-state index contributed by atoms with van der Waals surface area (Å²) >= 11 is 0. The summed E-state index contributed by atoms with van der Waals surface area (Å²) in [5, 5.41) is 0. The van der Waals surface area contributed by atoms with Crippen molar-refractivity contribution in [2.45, 2.75) is 13.0 Å². The Bertz CT molecular complexity index is 491. The fourth-order valence-electron chi connectivity index (χ4n) is 2.28. The standard InChI is InChI=1S/C13H20N4O2/c1-10(9-14)16-4-6-17(7-5-16)13(19)11-2-3-15-12(18)8-11/h2-3,8,10H,4-7,9,14H2,1H3,(H,15,18). The number of nitrogens with one attached hydrogen (secondary N) is 1. The molecule has 6 nitrogen and oxygen atoms in total. The Morgan fingerprint density at radius 3 is 2.68 bits per heavy atom. The number of nitrogens with two attached hydrogens (primary N) is 1. The molecule has 1 amide bonds. The van der Waals surface area contributed by atoms with Crippen molar-refractivity contribution in [2.75, 3.05) is 32.7 Å². The van der Waals surface area contributed by atoms with E-state index in [1.807, 2.05) is 0 Å². The Hall–Kier alpha value is -1.66. The van der Waals surface area contributed by atoms with Gasteiger partial charge in [-0.2, -0.15) is 0 Å². The summed E-state index contributed by atoms with van der Waals surface area (Å²) in [6.07, 6.45) is 1.50. The SMILES string of the molecule is CC(CN)N1CCN(C(=O)c2cc[nH]c(=O)c2)CC1. The molecule has 3 N–H and O–H groups in total. The van der Waals surface area contributed by atoms with Gasteiger partial charge in [-0.25, -0.2) is 0 Å². The topological polar surface area (TPSA) is 82.4 Å². The van der Waals surface area contributed by atoms with Crippen LogP contribution in [0.4, 0.5) is 0 Å². The Morgan fingerprint density at radius 2 is 2.11 bits per heavy atom. The predicted octanol–water partition coefficient (Wildman–Crippen LogP) is -0.520. The van der Waals surface area contributed by atoms with E-state index in [1.165, 1.54) is 12.3 Å². The average molecular weight is 264 g/mol. The molecule has 0 saturated carbocycles. The summed E-state index contributed by atoms with van der Waals surface area (Å²) in [5.74, 6) is -0.0776. The van der Waals surface area contributed by atoms with Crippen molar-refractivity contribution in [3.05, 3.63) is 34.2 Å². The van der Waals surface area contributed by atoms with Gasteiger partial charge in [-0.15, -0.1) is 0 Å². The van der Waals surface area contributed by atoms with Gasteiger partial charge in [0, 0.05) is 56.6 Å². The van der Waals surface area contributed by atoms with Crippen molar-refractivity contribution in [3.8, 4) is 0 Å². The van der Waals surface area contributed by atoms with Crippen LogP contribution in [-0.4, -0.2) is 59.5 Å². The summed E-state index contributed by atoms with van der Waals surface area (Å²) in [6, 6.07) is 3.33. The third-order valence-electron chi connectivity index (χ3n) is 3.59. The highest BCUT2D eigenvalue weighted by atomic mass is 16.2. The normalized spacial score (nSPS) is 18.3. The molecule has 2 rings (SSSR count). The zero-order valence-electron chi connectivity index (χ0n) is 11.1. The van der Waals surface area contributed by atoms with Gasteiger partial charge < -0.3 is 15.6 Å². The van der Waals surface area contributed by atoms with E-state index in [9.17, 15) is 9.59 Å². The molecule has 2 heterocycles. The molecule has 6 heteroatoms. The predicted molar refractivity (Wildman–Crippen MR) is 73.1 cm³/mol. The number of hydrogen-bond donors (Lipinski definition) is 2. The number of piperazine rings is 1. The number of carbonyl (C=O) groups excluding carboxylic acids is 1. The number of aromatic nitrogens is 1. The minimum absolute atomic E-state index is 0.0776. The lowest BCUT2D eigenvalue weighted by Crippen LogP contribution is -2.52. The van der Waals surface area contributed by atoms with Crippen LogP contribution in [0.25, 0.3) is 0 Å². The second-order valence-corrected chi connectivity index (χ2v) is 4.85. The summed E-state index contributed by atoms with van der Waals surface area (Å²) in [6.45, 7) is 5.72. The second-order valence-electron chi connectivity index (χ2n) is 4.85. The molecule has 1 aromatic rings. The van der Waals surface area contributed by atoms with Crippen LogP contribution in [0.2, 0.25) is 0 Å². The van der Waals surface area contributed by atoms with Crippen LogP contribution in [0, 0.1) is 0 Å². The van der Waals surface area contributed by atoms with E-state index >= 15 is 0 Å². The van der Waals surface area contributed by atoms with Crippen molar-refractivity contribution >= 4 is 5.91 Å². The van der Waals surface area contributed by atoms with Gasteiger partial charge in [0.15, 0.2) is 0 Å². The lowest BCUT2D eigenvalue weighted by molar-refractivity contribution is 0.0589. The number of H-pyrrole nitrogens is 1. The number of amides is 1. The number of rotatable bonds is 3. The van der Waals surface area contributed by atoms with E-state index in [2.05, 4.69) is 16.8 Å². The van der Waals surface area contributed by atoms with E-state index in [4.69, 9.17) is 5.73 Å². The highest BCUT2D eigenvalue weighted by Gasteiger charge is 2.24. The third-order valence-corrected chi connectivity index (χ3v) is 3.59. The molecular weight excluding hydrogens is 244 g/mol. The van der Waals surface area contributed by atoms with Crippen molar-refractivity contribution in [1.29, 1.82) is 0 Å². The molecule has 1 aliphatic rings. The molecule has 1 saturated heterocycles. The molecule has 19 heavy (non-hydrogen) atoms. The number of pyridine rings is 1. The van der Waals surface area contributed by atoms with Crippen LogP contribution in [0.5, 0.6) is 0 Å². The maximum Gasteiger partial charge on any atom is 0.254 e. The van der Waals surface area contributed by atoms with Gasteiger partial charge in [0.05, 0.1) is 0 Å². The molecule has 0 radical (unpaired) electrons. The Labute approximate surface area is 112 Å². The van der Waals surface area contributed by atoms with Crippen molar-refractivity contribution < 1.29 is 4.79 Å². The van der Waals surface area contributed by atoms with E-state index in [-0.39, 0.29) is 11.5 Å². The fourth-order valence-corrected chi connectivity index (χ4v) is 2.28. The molecule has 0 spiro atoms. The van der Waals surface area contributed by atoms with Crippen molar-refractivity contribution in [1.82, 2.24) is 14.8 Å². The molecule has 0 aromatic carbocycles. The largest absolute Gasteiger partial charge is 0.336 e. The summed E-state index contributed by atoms with van der Waals surface area (Å²) in [4.78, 5) is 30.0. The van der Waals surface area contributed by atoms with Gasteiger partial charge in [-0.3, -0.25) is 14.5 Å². The number of aromatic amines is 1. The minimum Gasteiger partial charge on any atom is -0.336 e. The minimum atomic E-state index is -0.249. The zero-order valence-corrected chi connectivity index (χ0v) is 11.1. The molecule has 0 bridgehead atoms. The van der Waals surface area contributed by atoms with Gasteiger partial charge in [0.2, 0.25) is 5.56 Å². The summed E-state index contributed by atoms with van der Waals surface area (Å²) in [5.41, 5.74) is 5.84. The van der Waals surface area contributed by atoms with Crippen LogP contribution in [0.15, 0.2) is 23.1 Å². The summed E-state index contributed by atoms with van der Waals surface area (Å²) < 4.78 is 0. The van der Waals surface area contributed by atoms with Crippen LogP contribution in [0.3, 0.4) is 0 Å². The number of hydrogen-bond acceptors (Lipinski definition) is 4. The smallest absolute Gasteiger partial charge is 0.254 e. The average Bonchev–Trinajstić information content (AvgIpc) is 2.46. The molecule has 104 valence electrons. The van der Waals surface area contributed by atoms with Gasteiger partial charge in [-0.05, 0) is 13.0 Å². The highest BCUT2D eigenvalue weighted by molar-refractivity contribution is 5.94. The molecule has 1 atom stereocenters. The van der Waals surface area contributed by atoms with E-state index < -0.39 is 0 Å². The highest BCUT2D eigenvalue weighted by Crippen LogP contribution is 2.09. The Balaban J connectivity index is 1.98. The van der Waals surface area contributed by atoms with Crippen LogP contribution >= 0.6 is 0 Å². The maximum absolute atomic E-state index is 12.2. The molecule has 1 aromatic heterocycles. The number of carbonyl (C=O) groups is 1. The fraction of sp³-hybridized carbons (Fsp3) is 0.538. The Morgan fingerprint density at radius 1 is 1.42 bits per heavy atom. The number of nitrogens with zero attached hydrogens (tertiary/aromatic N) is 2. The van der Waals surface area contributed by atoms with Crippen LogP contribution in [0.1, 0.15) is 17.3 Å². The molecular formula is C13H20N4O2. The summed E-state index contributed by atoms with van der Waals surface area (Å²) in [7, 11) is 0. The van der Waals surface area contributed by atoms with Crippen molar-refractivity contribution in [2.24, 2.45) is 5.73 Å². The van der Waals surface area contributed by atoms with Crippen LogP contribution < -0.4 is 11.3 Å². The van der Waals surface area contributed by atoms with Gasteiger partial charge >= 0.3 is 0 Å². The third kappa shape index (κ3) is 3.21. The molecule has 0 aliphatic carbocycles. The first kappa shape index (κ1) is 13.8. The van der Waals surface area contributed by atoms with E-state index in [0.717, 1.165) is 13.1 Å². The molecule has 1 unspecified atom stereocenters. The van der Waals surface area contributed by atoms with E-state index in [1.54, 1.807) is 11.0 Å². The zero-order chi connectivity index (χ0) is 13.8. The maximum atomic E-state index is 12.2. The van der Waals surface area contributed by atoms with Crippen molar-refractivity contribution in [3.63, 3.8) is 0 Å². The van der Waals surface area contributed by atoms with E-state index in [0.29, 0.717) is 31.2 Å². The quantitative estimate of drug-likeness (QED) is 0.769. The first-order chi connectivity index (χ1) is 9.11. The Kier molecular flexibility index (Phi) is 4.34. The first-order valence-electron chi connectivity index (χ1n) is 6.54. The van der Waals surface area contributed by atoms with Gasteiger partial charge in [0.1, 0.15) is 0 Å². The lowest BCUT2D eigenvalue weighted by atomic mass is 10.2. The monoisotopic (exact) mass is 264 g/mol. The van der Waals surface area contributed by atoms with Gasteiger partial charge in [-0.1, -0.05) is 0 Å². The first-order valence-corrected chi connectivity index (χ1v) is 6.54. The molecule has 1 fully saturated rings. The molecule has 1 aliphatic heterocycles. The lowest BCUT2D eigenvalue weighted by Gasteiger charge is -2.37. The second kappa shape index (κ2) is 5.99. The van der Waals surface area contributed by atoms with Crippen LogP contribution in [-0.2, 0) is 0 Å².